The van der Waals surface area contributed by atoms with Gasteiger partial charge >= 0.3 is 0 Å². The second-order valence-electron chi connectivity index (χ2n) is 5.92. The second-order valence-corrected chi connectivity index (χ2v) is 5.92. The van der Waals surface area contributed by atoms with E-state index in [9.17, 15) is 4.79 Å². The van der Waals surface area contributed by atoms with E-state index in [0.29, 0.717) is 0 Å². The zero-order valence-electron chi connectivity index (χ0n) is 12.1. The highest BCUT2D eigenvalue weighted by molar-refractivity contribution is 6.08. The SMILES string of the molecule is O=C(/C1=C/CCCCCC1)c1ccc2c(c1)CNCC2. The van der Waals surface area contributed by atoms with Crippen LogP contribution in [0.3, 0.4) is 0 Å². The molecule has 1 N–H and O–H groups in total. The van der Waals surface area contributed by atoms with Crippen LogP contribution in [0.2, 0.25) is 0 Å². The highest BCUT2D eigenvalue weighted by Crippen LogP contribution is 2.23. The van der Waals surface area contributed by atoms with Crippen molar-refractivity contribution in [3.05, 3.63) is 46.5 Å². The first kappa shape index (κ1) is 13.6. The molecule has 0 unspecified atom stereocenters. The molecule has 2 aliphatic rings. The summed E-state index contributed by atoms with van der Waals surface area (Å²) in [4.78, 5) is 12.7. The second kappa shape index (κ2) is 6.36. The molecule has 106 valence electrons. The van der Waals surface area contributed by atoms with Crippen LogP contribution in [0.25, 0.3) is 0 Å². The van der Waals surface area contributed by atoms with Gasteiger partial charge in [-0.3, -0.25) is 4.79 Å². The van der Waals surface area contributed by atoms with E-state index in [2.05, 4.69) is 23.5 Å². The minimum atomic E-state index is 0.250. The highest BCUT2D eigenvalue weighted by atomic mass is 16.1. The largest absolute Gasteiger partial charge is 0.312 e. The number of hydrogen-bond donors (Lipinski definition) is 1. The Balaban J connectivity index is 1.82. The number of hydrogen-bond acceptors (Lipinski definition) is 2. The average molecular weight is 269 g/mol. The molecule has 1 aromatic carbocycles. The molecule has 1 aliphatic heterocycles. The van der Waals surface area contributed by atoms with E-state index in [1.165, 1.54) is 30.4 Å². The number of benzene rings is 1. The van der Waals surface area contributed by atoms with E-state index in [1.807, 2.05) is 6.07 Å². The number of Topliss-reactive ketones (excluding diaryl/α,β-unsaturated/α-hetero) is 1. The first-order valence-corrected chi connectivity index (χ1v) is 7.91. The van der Waals surface area contributed by atoms with Crippen molar-refractivity contribution < 1.29 is 4.79 Å². The number of ketones is 1. The van der Waals surface area contributed by atoms with E-state index in [4.69, 9.17) is 0 Å². The van der Waals surface area contributed by atoms with Crippen LogP contribution < -0.4 is 5.32 Å². The van der Waals surface area contributed by atoms with Gasteiger partial charge in [-0.15, -0.1) is 0 Å². The van der Waals surface area contributed by atoms with Gasteiger partial charge in [-0.1, -0.05) is 31.1 Å². The number of rotatable bonds is 2. The molecule has 0 saturated carbocycles. The van der Waals surface area contributed by atoms with Crippen LogP contribution in [0.5, 0.6) is 0 Å². The molecule has 0 fully saturated rings. The molecule has 0 radical (unpaired) electrons. The molecule has 0 spiro atoms. The molecule has 2 heteroatoms. The lowest BCUT2D eigenvalue weighted by atomic mass is 9.91. The molecule has 1 aromatic rings. The Morgan fingerprint density at radius 3 is 2.85 bits per heavy atom. The number of nitrogens with one attached hydrogen (secondary N) is 1. The molecular weight excluding hydrogens is 246 g/mol. The molecule has 20 heavy (non-hydrogen) atoms. The van der Waals surface area contributed by atoms with Crippen molar-refractivity contribution in [2.75, 3.05) is 6.54 Å². The molecule has 3 rings (SSSR count). The van der Waals surface area contributed by atoms with Crippen LogP contribution in [0.4, 0.5) is 0 Å². The quantitative estimate of drug-likeness (QED) is 0.827. The number of carbonyl (C=O) groups is 1. The van der Waals surface area contributed by atoms with Crippen molar-refractivity contribution >= 4 is 5.78 Å². The van der Waals surface area contributed by atoms with Crippen LogP contribution >= 0.6 is 0 Å². The van der Waals surface area contributed by atoms with E-state index in [1.54, 1.807) is 0 Å². The molecule has 0 aromatic heterocycles. The van der Waals surface area contributed by atoms with E-state index in [-0.39, 0.29) is 5.78 Å². The van der Waals surface area contributed by atoms with Crippen molar-refractivity contribution in [2.45, 2.75) is 51.5 Å². The van der Waals surface area contributed by atoms with Gasteiger partial charge in [-0.05, 0) is 61.4 Å². The van der Waals surface area contributed by atoms with Crippen LogP contribution in [-0.4, -0.2) is 12.3 Å². The Morgan fingerprint density at radius 2 is 1.90 bits per heavy atom. The maximum atomic E-state index is 12.7. The van der Waals surface area contributed by atoms with Gasteiger partial charge in [-0.2, -0.15) is 0 Å². The van der Waals surface area contributed by atoms with Gasteiger partial charge in [0, 0.05) is 12.1 Å². The lowest BCUT2D eigenvalue weighted by Gasteiger charge is -2.18. The predicted molar refractivity (Wildman–Crippen MR) is 82.0 cm³/mol. The smallest absolute Gasteiger partial charge is 0.188 e. The molecule has 1 heterocycles. The molecular formula is C18H23NO. The fraction of sp³-hybridized carbons (Fsp3) is 0.500. The van der Waals surface area contributed by atoms with Crippen molar-refractivity contribution in [1.82, 2.24) is 5.32 Å². The lowest BCUT2D eigenvalue weighted by molar-refractivity contribution is 0.102. The topological polar surface area (TPSA) is 29.1 Å². The Hall–Kier alpha value is -1.41. The third-order valence-electron chi connectivity index (χ3n) is 4.44. The average Bonchev–Trinajstić information content (AvgIpc) is 2.46. The predicted octanol–water partition coefficient (Wildman–Crippen LogP) is 3.80. The summed E-state index contributed by atoms with van der Waals surface area (Å²) in [5, 5.41) is 3.38. The minimum Gasteiger partial charge on any atom is -0.312 e. The van der Waals surface area contributed by atoms with E-state index in [0.717, 1.165) is 49.9 Å². The number of allylic oxidation sites excluding steroid dienone is 2. The number of fused-ring (bicyclic) bond motifs is 1. The monoisotopic (exact) mass is 269 g/mol. The van der Waals surface area contributed by atoms with Crippen molar-refractivity contribution in [3.63, 3.8) is 0 Å². The Morgan fingerprint density at radius 1 is 1.00 bits per heavy atom. The summed E-state index contributed by atoms with van der Waals surface area (Å²) < 4.78 is 0. The summed E-state index contributed by atoms with van der Waals surface area (Å²) in [5.74, 6) is 0.250. The number of carbonyl (C=O) groups excluding carboxylic acids is 1. The fourth-order valence-corrected chi connectivity index (χ4v) is 3.21. The fourth-order valence-electron chi connectivity index (χ4n) is 3.21. The van der Waals surface area contributed by atoms with Crippen LogP contribution in [0.1, 0.15) is 60.0 Å². The summed E-state index contributed by atoms with van der Waals surface area (Å²) in [6.45, 7) is 1.95. The Bertz CT molecular complexity index is 530. The molecule has 0 saturated heterocycles. The van der Waals surface area contributed by atoms with Crippen molar-refractivity contribution in [1.29, 1.82) is 0 Å². The first-order chi connectivity index (χ1) is 9.84. The summed E-state index contributed by atoms with van der Waals surface area (Å²) in [7, 11) is 0. The minimum absolute atomic E-state index is 0.250. The third-order valence-corrected chi connectivity index (χ3v) is 4.44. The summed E-state index contributed by atoms with van der Waals surface area (Å²) in [6, 6.07) is 6.27. The Kier molecular flexibility index (Phi) is 4.31. The van der Waals surface area contributed by atoms with Crippen LogP contribution in [0, 0.1) is 0 Å². The van der Waals surface area contributed by atoms with Gasteiger partial charge in [0.1, 0.15) is 0 Å². The molecule has 2 nitrogen and oxygen atoms in total. The maximum absolute atomic E-state index is 12.7. The highest BCUT2D eigenvalue weighted by Gasteiger charge is 2.16. The van der Waals surface area contributed by atoms with Crippen LogP contribution in [-0.2, 0) is 13.0 Å². The first-order valence-electron chi connectivity index (χ1n) is 7.91. The van der Waals surface area contributed by atoms with Gasteiger partial charge in [0.15, 0.2) is 5.78 Å². The van der Waals surface area contributed by atoms with Gasteiger partial charge in [0.25, 0.3) is 0 Å². The van der Waals surface area contributed by atoms with Gasteiger partial charge in [-0.25, -0.2) is 0 Å². The zero-order valence-corrected chi connectivity index (χ0v) is 12.1. The lowest BCUT2D eigenvalue weighted by Crippen LogP contribution is -2.24. The van der Waals surface area contributed by atoms with E-state index >= 15 is 0 Å². The Labute approximate surface area is 121 Å². The van der Waals surface area contributed by atoms with Gasteiger partial charge in [0.2, 0.25) is 0 Å². The summed E-state index contributed by atoms with van der Waals surface area (Å²) >= 11 is 0. The zero-order chi connectivity index (χ0) is 13.8. The molecule has 1 aliphatic carbocycles. The van der Waals surface area contributed by atoms with Crippen molar-refractivity contribution in [2.24, 2.45) is 0 Å². The maximum Gasteiger partial charge on any atom is 0.188 e. The van der Waals surface area contributed by atoms with Crippen LogP contribution in [0.15, 0.2) is 29.8 Å². The third kappa shape index (κ3) is 3.01. The van der Waals surface area contributed by atoms with Crippen molar-refractivity contribution in [3.8, 4) is 0 Å². The van der Waals surface area contributed by atoms with Gasteiger partial charge in [0.05, 0.1) is 0 Å². The normalized spacial score (nSPS) is 22.1. The summed E-state index contributed by atoms with van der Waals surface area (Å²) in [5.41, 5.74) is 4.60. The molecule has 0 bridgehead atoms. The summed E-state index contributed by atoms with van der Waals surface area (Å²) in [6.07, 6.45) is 10.2. The standard InChI is InChI=1S/C18H23NO/c20-18(15-6-4-2-1-3-5-7-15)16-9-8-14-10-11-19-13-17(14)12-16/h6,8-9,12,19H,1-5,7,10-11,13H2/b15-6+. The molecule has 0 atom stereocenters. The molecule has 0 amide bonds. The van der Waals surface area contributed by atoms with Gasteiger partial charge < -0.3 is 5.32 Å². The van der Waals surface area contributed by atoms with E-state index < -0.39 is 0 Å².